The fraction of sp³-hybridized carbons (Fsp3) is 0.176. The third-order valence-corrected chi connectivity index (χ3v) is 7.37. The van der Waals surface area contributed by atoms with Gasteiger partial charge < -0.3 is 23.4 Å². The molecule has 240 valence electrons. The molecule has 47 heavy (non-hydrogen) atoms. The number of rotatable bonds is 7. The van der Waals surface area contributed by atoms with E-state index < -0.39 is 66.6 Å². The zero-order chi connectivity index (χ0) is 33.1. The summed E-state index contributed by atoms with van der Waals surface area (Å²) in [6.45, 7) is -0.520. The molecule has 4 atom stereocenters. The van der Waals surface area contributed by atoms with Gasteiger partial charge in [0.25, 0.3) is 0 Å². The smallest absolute Gasteiger partial charge is 0.422 e. The van der Waals surface area contributed by atoms with Crippen molar-refractivity contribution in [1.82, 2.24) is 4.57 Å². The molecule has 0 aliphatic carbocycles. The maximum absolute atomic E-state index is 13.7. The Hall–Kier alpha value is -5.69. The Kier molecular flexibility index (Phi) is 8.63. The Morgan fingerprint density at radius 1 is 0.681 bits per heavy atom. The number of carbonyl (C=O) groups excluding carboxylic acids is 3. The van der Waals surface area contributed by atoms with Crippen LogP contribution in [-0.4, -0.2) is 47.4 Å². The number of hydrogen-bond donors (Lipinski definition) is 0. The molecule has 5 aromatic rings. The third-order valence-electron chi connectivity index (χ3n) is 7.37. The lowest BCUT2D eigenvalue weighted by atomic mass is 10.0. The summed E-state index contributed by atoms with van der Waals surface area (Å²) < 4.78 is 70.3. The second-order valence-corrected chi connectivity index (χ2v) is 10.4. The highest BCUT2D eigenvalue weighted by Crippen LogP contribution is 2.36. The molecule has 0 amide bonds. The molecule has 6 rings (SSSR count). The molecule has 0 unspecified atom stereocenters. The lowest BCUT2D eigenvalue weighted by Crippen LogP contribution is -2.56. The summed E-state index contributed by atoms with van der Waals surface area (Å²) in [5.74, 6) is -3.82. The second kappa shape index (κ2) is 13.0. The quantitative estimate of drug-likeness (QED) is 0.159. The van der Waals surface area contributed by atoms with Crippen molar-refractivity contribution in [3.05, 3.63) is 142 Å². The van der Waals surface area contributed by atoms with Crippen molar-refractivity contribution < 1.29 is 50.9 Å². The molecule has 1 fully saturated rings. The van der Waals surface area contributed by atoms with Gasteiger partial charge in [0.15, 0.2) is 30.1 Å². The molecule has 1 saturated heterocycles. The van der Waals surface area contributed by atoms with Crippen molar-refractivity contribution in [2.75, 3.05) is 6.61 Å². The van der Waals surface area contributed by atoms with Crippen LogP contribution in [0.4, 0.5) is 13.2 Å². The van der Waals surface area contributed by atoms with E-state index in [9.17, 15) is 32.3 Å². The Balaban J connectivity index is 1.46. The van der Waals surface area contributed by atoms with Gasteiger partial charge in [-0.2, -0.15) is 13.2 Å². The summed E-state index contributed by atoms with van der Waals surface area (Å²) in [4.78, 5) is 53.1. The van der Waals surface area contributed by atoms with Crippen molar-refractivity contribution in [2.24, 2.45) is 0 Å². The van der Waals surface area contributed by atoms with Crippen molar-refractivity contribution in [3.63, 3.8) is 0 Å². The second-order valence-electron chi connectivity index (χ2n) is 10.4. The molecule has 4 aromatic carbocycles. The minimum atomic E-state index is -4.77. The zero-order valence-electron chi connectivity index (χ0n) is 24.2. The fourth-order valence-electron chi connectivity index (χ4n) is 5.11. The zero-order valence-corrected chi connectivity index (χ0v) is 24.2. The molecular formula is C34H24F3NO9. The Labute approximate surface area is 263 Å². The van der Waals surface area contributed by atoms with Crippen LogP contribution in [0.15, 0.2) is 118 Å². The highest BCUT2D eigenvalue weighted by molar-refractivity contribution is 5.91. The largest absolute Gasteiger partial charge is 0.452 e. The first kappa shape index (κ1) is 31.3. The van der Waals surface area contributed by atoms with Crippen LogP contribution in [0.1, 0.15) is 42.9 Å². The number of halogens is 3. The molecule has 2 heterocycles. The number of fused-ring (bicyclic) bond motifs is 1. The minimum absolute atomic E-state index is 0.0616. The number of hydrogen-bond acceptors (Lipinski definition) is 9. The van der Waals surface area contributed by atoms with E-state index in [1.807, 2.05) is 0 Å². The van der Waals surface area contributed by atoms with Crippen LogP contribution < -0.4 is 5.76 Å². The van der Waals surface area contributed by atoms with Crippen LogP contribution in [0.3, 0.4) is 0 Å². The summed E-state index contributed by atoms with van der Waals surface area (Å²) in [7, 11) is 0. The van der Waals surface area contributed by atoms with E-state index in [0.29, 0.717) is 6.07 Å². The van der Waals surface area contributed by atoms with E-state index >= 15 is 0 Å². The number of nitrogens with zero attached hydrogens (tertiary/aromatic N) is 1. The molecule has 1 aliphatic heterocycles. The van der Waals surface area contributed by atoms with Crippen molar-refractivity contribution in [1.29, 1.82) is 0 Å². The number of alkyl halides is 3. The Morgan fingerprint density at radius 3 is 1.68 bits per heavy atom. The summed E-state index contributed by atoms with van der Waals surface area (Å²) >= 11 is 0. The predicted molar refractivity (Wildman–Crippen MR) is 157 cm³/mol. The normalized spacial score (nSPS) is 19.6. The van der Waals surface area contributed by atoms with Crippen LogP contribution in [0.5, 0.6) is 0 Å². The number of carbonyl (C=O) groups is 3. The van der Waals surface area contributed by atoms with Gasteiger partial charge in [-0.3, -0.25) is 0 Å². The predicted octanol–water partition coefficient (Wildman–Crippen LogP) is 5.82. The molecule has 0 radical (unpaired) electrons. The Morgan fingerprint density at radius 2 is 1.17 bits per heavy atom. The molecule has 10 nitrogen and oxygen atoms in total. The van der Waals surface area contributed by atoms with Gasteiger partial charge in [0, 0.05) is 0 Å². The van der Waals surface area contributed by atoms with Gasteiger partial charge in [-0.1, -0.05) is 54.6 Å². The first-order valence-corrected chi connectivity index (χ1v) is 14.2. The molecule has 1 aromatic heterocycles. The number of ether oxygens (including phenoxy) is 4. The average molecular weight is 648 g/mol. The van der Waals surface area contributed by atoms with Crippen LogP contribution in [0.2, 0.25) is 0 Å². The maximum atomic E-state index is 13.7. The highest BCUT2D eigenvalue weighted by atomic mass is 19.4. The molecule has 1 aliphatic rings. The van der Waals surface area contributed by atoms with Gasteiger partial charge in [-0.05, 0) is 54.6 Å². The van der Waals surface area contributed by atoms with E-state index in [-0.39, 0.29) is 27.8 Å². The summed E-state index contributed by atoms with van der Waals surface area (Å²) in [5, 5.41) is 0. The molecule has 0 bridgehead atoms. The van der Waals surface area contributed by atoms with Crippen molar-refractivity contribution in [3.8, 4) is 0 Å². The lowest BCUT2D eigenvalue weighted by Gasteiger charge is -2.40. The van der Waals surface area contributed by atoms with Gasteiger partial charge in [0.05, 0.1) is 34.4 Å². The van der Waals surface area contributed by atoms with Gasteiger partial charge in [0.2, 0.25) is 0 Å². The molecule has 0 N–H and O–H groups in total. The van der Waals surface area contributed by atoms with E-state index in [1.54, 1.807) is 54.6 Å². The van der Waals surface area contributed by atoms with Gasteiger partial charge in [-0.25, -0.2) is 23.7 Å². The standard InChI is InChI=1S/C34H24F3NO9/c35-34(36,37)23-16-17-25-24(18-23)38(33(42)45-25)29-28(47-32(41)22-14-8-3-9-15-22)27(46-31(40)21-12-6-2-7-13-21)26(19-43-29)44-30(39)20-10-4-1-5-11-20/h1-18,26-29H,19H2/t26-,27-,28-,29-/m1/s1. The van der Waals surface area contributed by atoms with Crippen LogP contribution in [0.25, 0.3) is 11.1 Å². The lowest BCUT2D eigenvalue weighted by molar-refractivity contribution is -0.212. The topological polar surface area (TPSA) is 123 Å². The van der Waals surface area contributed by atoms with E-state index in [4.69, 9.17) is 23.4 Å². The molecule has 13 heteroatoms. The highest BCUT2D eigenvalue weighted by Gasteiger charge is 2.50. The monoisotopic (exact) mass is 647 g/mol. The average Bonchev–Trinajstić information content (AvgIpc) is 3.41. The first-order chi connectivity index (χ1) is 22.6. The maximum Gasteiger partial charge on any atom is 0.422 e. The molecule has 0 saturated carbocycles. The van der Waals surface area contributed by atoms with Gasteiger partial charge >= 0.3 is 29.8 Å². The third kappa shape index (κ3) is 6.65. The van der Waals surface area contributed by atoms with E-state index in [1.165, 1.54) is 36.4 Å². The molecule has 0 spiro atoms. The first-order valence-electron chi connectivity index (χ1n) is 14.2. The Bertz CT molecular complexity index is 1960. The van der Waals surface area contributed by atoms with Crippen LogP contribution >= 0.6 is 0 Å². The van der Waals surface area contributed by atoms with E-state index in [2.05, 4.69) is 0 Å². The minimum Gasteiger partial charge on any atom is -0.452 e. The number of benzene rings is 4. The van der Waals surface area contributed by atoms with Gasteiger partial charge in [-0.15, -0.1) is 0 Å². The number of esters is 3. The SMILES string of the molecule is O=C(O[C@@H]1[C@H](OC(=O)c2ccccc2)[C@H](OC(=O)c2ccccc2)CO[C@H]1n1c(=O)oc2ccc(C(F)(F)F)cc21)c1ccccc1. The number of oxazole rings is 1. The summed E-state index contributed by atoms with van der Waals surface area (Å²) in [6, 6.07) is 25.7. The molecular weight excluding hydrogens is 623 g/mol. The van der Waals surface area contributed by atoms with Crippen LogP contribution in [0, 0.1) is 0 Å². The van der Waals surface area contributed by atoms with Crippen molar-refractivity contribution in [2.45, 2.75) is 30.7 Å². The summed E-state index contributed by atoms with van der Waals surface area (Å²) in [5.41, 5.74) is -1.32. The van der Waals surface area contributed by atoms with Gasteiger partial charge in [0.1, 0.15) is 0 Å². The number of aromatic nitrogens is 1. The van der Waals surface area contributed by atoms with E-state index in [0.717, 1.165) is 16.7 Å². The van der Waals surface area contributed by atoms with Crippen LogP contribution in [-0.2, 0) is 25.1 Å². The fourth-order valence-corrected chi connectivity index (χ4v) is 5.11. The summed E-state index contributed by atoms with van der Waals surface area (Å²) in [6.07, 6.45) is -11.2. The van der Waals surface area contributed by atoms with Crippen molar-refractivity contribution >= 4 is 29.0 Å².